The van der Waals surface area contributed by atoms with Gasteiger partial charge in [0, 0.05) is 18.7 Å². The van der Waals surface area contributed by atoms with Crippen LogP contribution in [0.4, 0.5) is 0 Å². The van der Waals surface area contributed by atoms with Crippen LogP contribution in [0.25, 0.3) is 0 Å². The van der Waals surface area contributed by atoms with Gasteiger partial charge in [-0.05, 0) is 38.3 Å². The molecule has 1 aliphatic rings. The van der Waals surface area contributed by atoms with Gasteiger partial charge in [-0.25, -0.2) is 0 Å². The van der Waals surface area contributed by atoms with Crippen molar-refractivity contribution in [2.45, 2.75) is 52.0 Å². The number of nitrogens with one attached hydrogen (secondary N) is 1. The van der Waals surface area contributed by atoms with Gasteiger partial charge in [0.2, 0.25) is 0 Å². The van der Waals surface area contributed by atoms with Crippen molar-refractivity contribution >= 4 is 0 Å². The van der Waals surface area contributed by atoms with Crippen molar-refractivity contribution in [3.8, 4) is 0 Å². The molecule has 106 valence electrons. The molecule has 0 aromatic heterocycles. The minimum atomic E-state index is 0.147. The maximum Gasteiger partial charge on any atom is 0.0834 e. The van der Waals surface area contributed by atoms with E-state index >= 15 is 0 Å². The highest BCUT2D eigenvalue weighted by Gasteiger charge is 2.15. The monoisotopic (exact) mass is 263 g/mol. The van der Waals surface area contributed by atoms with E-state index in [4.69, 9.17) is 9.47 Å². The van der Waals surface area contributed by atoms with Crippen LogP contribution in [-0.4, -0.2) is 24.9 Å². The third-order valence-corrected chi connectivity index (χ3v) is 3.19. The molecule has 1 aromatic carbocycles. The molecule has 19 heavy (non-hydrogen) atoms. The number of hydrogen-bond acceptors (Lipinski definition) is 3. The van der Waals surface area contributed by atoms with Gasteiger partial charge in [-0.3, -0.25) is 0 Å². The second kappa shape index (κ2) is 6.51. The molecule has 3 heteroatoms. The fraction of sp³-hybridized carbons (Fsp3) is 0.625. The van der Waals surface area contributed by atoms with E-state index in [0.29, 0.717) is 6.61 Å². The average molecular weight is 263 g/mol. The quantitative estimate of drug-likeness (QED) is 0.886. The Balaban J connectivity index is 1.84. The van der Waals surface area contributed by atoms with Crippen LogP contribution in [0.3, 0.4) is 0 Å². The smallest absolute Gasteiger partial charge is 0.0834 e. The maximum atomic E-state index is 5.84. The lowest BCUT2D eigenvalue weighted by molar-refractivity contribution is 0.0317. The Morgan fingerprint density at radius 3 is 2.79 bits per heavy atom. The third kappa shape index (κ3) is 5.31. The van der Waals surface area contributed by atoms with Crippen LogP contribution >= 0.6 is 0 Å². The molecule has 3 nitrogen and oxygen atoms in total. The summed E-state index contributed by atoms with van der Waals surface area (Å²) in [4.78, 5) is 0. The molecule has 0 spiro atoms. The fourth-order valence-electron chi connectivity index (χ4n) is 2.06. The molecule has 1 heterocycles. The van der Waals surface area contributed by atoms with E-state index in [-0.39, 0.29) is 11.6 Å². The highest BCUT2D eigenvalue weighted by Crippen LogP contribution is 2.13. The van der Waals surface area contributed by atoms with Gasteiger partial charge in [0.1, 0.15) is 0 Å². The topological polar surface area (TPSA) is 30.5 Å². The summed E-state index contributed by atoms with van der Waals surface area (Å²) < 4.78 is 11.2. The van der Waals surface area contributed by atoms with Crippen LogP contribution in [-0.2, 0) is 22.6 Å². The minimum Gasteiger partial charge on any atom is -0.379 e. The van der Waals surface area contributed by atoms with E-state index in [0.717, 1.165) is 26.2 Å². The van der Waals surface area contributed by atoms with Gasteiger partial charge in [0.15, 0.2) is 0 Å². The molecule has 1 N–H and O–H groups in total. The Labute approximate surface area is 116 Å². The van der Waals surface area contributed by atoms with Gasteiger partial charge >= 0.3 is 0 Å². The first-order valence-corrected chi connectivity index (χ1v) is 7.05. The molecule has 1 fully saturated rings. The molecule has 2 rings (SSSR count). The van der Waals surface area contributed by atoms with Crippen LogP contribution < -0.4 is 5.32 Å². The predicted molar refractivity (Wildman–Crippen MR) is 77.0 cm³/mol. The zero-order chi connectivity index (χ0) is 13.7. The van der Waals surface area contributed by atoms with Crippen molar-refractivity contribution < 1.29 is 9.47 Å². The van der Waals surface area contributed by atoms with E-state index < -0.39 is 0 Å². The van der Waals surface area contributed by atoms with Crippen LogP contribution in [0.1, 0.15) is 38.3 Å². The van der Waals surface area contributed by atoms with Gasteiger partial charge in [0.25, 0.3) is 0 Å². The van der Waals surface area contributed by atoms with Crippen LogP contribution in [0.15, 0.2) is 24.3 Å². The summed E-state index contributed by atoms with van der Waals surface area (Å²) in [7, 11) is 0. The molecule has 1 aliphatic heterocycles. The van der Waals surface area contributed by atoms with Crippen molar-refractivity contribution in [3.63, 3.8) is 0 Å². The molecule has 1 atom stereocenters. The van der Waals surface area contributed by atoms with Crippen molar-refractivity contribution in [1.82, 2.24) is 5.32 Å². The van der Waals surface area contributed by atoms with Crippen molar-refractivity contribution in [2.24, 2.45) is 0 Å². The molecular formula is C16H25NO2. The van der Waals surface area contributed by atoms with Gasteiger partial charge < -0.3 is 14.8 Å². The standard InChI is InChI=1S/C16H25NO2/c1-16(2,3)17-10-13-5-4-6-14(9-13)11-19-15-7-8-18-12-15/h4-6,9,15,17H,7-8,10-12H2,1-3H3. The molecule has 1 aromatic rings. The molecule has 0 radical (unpaired) electrons. The highest BCUT2D eigenvalue weighted by molar-refractivity contribution is 5.23. The first-order valence-electron chi connectivity index (χ1n) is 7.05. The molecule has 0 aliphatic carbocycles. The minimum absolute atomic E-state index is 0.147. The molecule has 0 bridgehead atoms. The Hall–Kier alpha value is -0.900. The second-order valence-electron chi connectivity index (χ2n) is 6.22. The summed E-state index contributed by atoms with van der Waals surface area (Å²) in [6.45, 7) is 9.69. The largest absolute Gasteiger partial charge is 0.379 e. The van der Waals surface area contributed by atoms with Crippen LogP contribution in [0, 0.1) is 0 Å². The number of hydrogen-bond donors (Lipinski definition) is 1. The van der Waals surface area contributed by atoms with Crippen molar-refractivity contribution in [3.05, 3.63) is 35.4 Å². The van der Waals surface area contributed by atoms with Gasteiger partial charge in [-0.15, -0.1) is 0 Å². The fourth-order valence-corrected chi connectivity index (χ4v) is 2.06. The van der Waals surface area contributed by atoms with Gasteiger partial charge in [-0.1, -0.05) is 24.3 Å². The van der Waals surface area contributed by atoms with E-state index in [9.17, 15) is 0 Å². The number of benzene rings is 1. The Kier molecular flexibility index (Phi) is 4.97. The molecule has 0 saturated carbocycles. The summed E-state index contributed by atoms with van der Waals surface area (Å²) in [5.41, 5.74) is 2.69. The van der Waals surface area contributed by atoms with E-state index in [1.807, 2.05) is 0 Å². The number of ether oxygens (including phenoxy) is 2. The SMILES string of the molecule is CC(C)(C)NCc1cccc(COC2CCOC2)c1. The van der Waals surface area contributed by atoms with E-state index in [1.54, 1.807) is 0 Å². The Morgan fingerprint density at radius 2 is 2.11 bits per heavy atom. The number of rotatable bonds is 5. The van der Waals surface area contributed by atoms with E-state index in [2.05, 4.69) is 50.4 Å². The Bertz CT molecular complexity index is 392. The third-order valence-electron chi connectivity index (χ3n) is 3.19. The second-order valence-corrected chi connectivity index (χ2v) is 6.22. The highest BCUT2D eigenvalue weighted by atomic mass is 16.5. The average Bonchev–Trinajstić information content (AvgIpc) is 2.87. The lowest BCUT2D eigenvalue weighted by Crippen LogP contribution is -2.35. The van der Waals surface area contributed by atoms with Gasteiger partial charge in [-0.2, -0.15) is 0 Å². The summed E-state index contributed by atoms with van der Waals surface area (Å²) in [5, 5.41) is 3.50. The lowest BCUT2D eigenvalue weighted by atomic mass is 10.1. The zero-order valence-corrected chi connectivity index (χ0v) is 12.2. The van der Waals surface area contributed by atoms with Crippen molar-refractivity contribution in [2.75, 3.05) is 13.2 Å². The first kappa shape index (κ1) is 14.5. The predicted octanol–water partition coefficient (Wildman–Crippen LogP) is 2.88. The summed E-state index contributed by atoms with van der Waals surface area (Å²) in [5.74, 6) is 0. The van der Waals surface area contributed by atoms with Crippen LogP contribution in [0.2, 0.25) is 0 Å². The first-order chi connectivity index (χ1) is 9.03. The Morgan fingerprint density at radius 1 is 1.32 bits per heavy atom. The molecule has 1 unspecified atom stereocenters. The normalized spacial score (nSPS) is 19.8. The lowest BCUT2D eigenvalue weighted by Gasteiger charge is -2.20. The molecule has 1 saturated heterocycles. The van der Waals surface area contributed by atoms with E-state index in [1.165, 1.54) is 11.1 Å². The molecule has 0 amide bonds. The molecular weight excluding hydrogens is 238 g/mol. The summed E-state index contributed by atoms with van der Waals surface area (Å²) in [6, 6.07) is 8.59. The maximum absolute atomic E-state index is 5.84. The van der Waals surface area contributed by atoms with Crippen LogP contribution in [0.5, 0.6) is 0 Å². The van der Waals surface area contributed by atoms with Crippen molar-refractivity contribution in [1.29, 1.82) is 0 Å². The zero-order valence-electron chi connectivity index (χ0n) is 12.2. The summed E-state index contributed by atoms with van der Waals surface area (Å²) in [6.07, 6.45) is 1.29. The summed E-state index contributed by atoms with van der Waals surface area (Å²) >= 11 is 0. The van der Waals surface area contributed by atoms with Gasteiger partial charge in [0.05, 0.1) is 19.3 Å².